The molecule has 0 spiro atoms. The first-order valence-electron chi connectivity index (χ1n) is 8.62. The highest BCUT2D eigenvalue weighted by Gasteiger charge is 2.34. The summed E-state index contributed by atoms with van der Waals surface area (Å²) in [4.78, 5) is 33.3. The zero-order chi connectivity index (χ0) is 21.3. The van der Waals surface area contributed by atoms with Crippen molar-refractivity contribution in [3.63, 3.8) is 0 Å². The van der Waals surface area contributed by atoms with Gasteiger partial charge in [-0.15, -0.1) is 16.9 Å². The molecule has 0 saturated heterocycles. The summed E-state index contributed by atoms with van der Waals surface area (Å²) in [5.74, 6) is -0.669. The predicted molar refractivity (Wildman–Crippen MR) is 103 cm³/mol. The van der Waals surface area contributed by atoms with E-state index < -0.39 is 28.8 Å². The zero-order valence-electron chi connectivity index (χ0n) is 15.0. The fourth-order valence-electron chi connectivity index (χ4n) is 2.74. The van der Waals surface area contributed by atoms with Crippen LogP contribution in [0.15, 0.2) is 47.5 Å². The molecule has 1 aliphatic heterocycles. The molecule has 3 N–H and O–H groups in total. The lowest BCUT2D eigenvalue weighted by molar-refractivity contribution is -0.137. The molecule has 1 aliphatic rings. The number of amides is 2. The number of halogens is 3. The van der Waals surface area contributed by atoms with Gasteiger partial charge < -0.3 is 5.32 Å². The number of anilines is 2. The number of aromatic nitrogens is 4. The highest BCUT2D eigenvalue weighted by atomic mass is 32.2. The summed E-state index contributed by atoms with van der Waals surface area (Å²) in [6.07, 6.45) is -3.12. The lowest BCUT2D eigenvalue weighted by atomic mass is 10.1. The molecule has 1 atom stereocenters. The molecule has 0 bridgehead atoms. The summed E-state index contributed by atoms with van der Waals surface area (Å²) in [7, 11) is 0. The van der Waals surface area contributed by atoms with Crippen molar-refractivity contribution in [2.45, 2.75) is 22.7 Å². The van der Waals surface area contributed by atoms with Crippen molar-refractivity contribution in [2.75, 3.05) is 10.6 Å². The topological polar surface area (TPSA) is 113 Å². The van der Waals surface area contributed by atoms with Crippen LogP contribution in [0.5, 0.6) is 0 Å². The summed E-state index contributed by atoms with van der Waals surface area (Å²) in [6, 6.07) is 8.34. The number of rotatable bonds is 4. The minimum Gasteiger partial charge on any atom is -0.324 e. The Bertz CT molecular complexity index is 1100. The summed E-state index contributed by atoms with van der Waals surface area (Å²) in [5.41, 5.74) is -0.236. The van der Waals surface area contributed by atoms with Gasteiger partial charge in [0.1, 0.15) is 5.69 Å². The number of hydrogen-bond donors (Lipinski definition) is 3. The maximum absolute atomic E-state index is 12.8. The quantitative estimate of drug-likeness (QED) is 0.581. The highest BCUT2D eigenvalue weighted by Crippen LogP contribution is 2.40. The van der Waals surface area contributed by atoms with E-state index in [1.807, 2.05) is 0 Å². The standard InChI is InChI=1S/C18H13F3N6O2S/c19-18(20,21)9-4-5-12-11(7-9)23-16(29)13(30-12)8-14(28)24-17-25-15(26-27-17)10-3-1-2-6-22-10/h1-7,13H,8H2,(H,23,29)(H2,24,25,26,27,28)/t13-/m0/s1. The Morgan fingerprint density at radius 2 is 2.07 bits per heavy atom. The average Bonchev–Trinajstić information content (AvgIpc) is 3.16. The van der Waals surface area contributed by atoms with E-state index in [2.05, 4.69) is 30.8 Å². The third-order valence-corrected chi connectivity index (χ3v) is 5.42. The van der Waals surface area contributed by atoms with Gasteiger partial charge in [-0.3, -0.25) is 25.0 Å². The molecule has 0 unspecified atom stereocenters. The van der Waals surface area contributed by atoms with Crippen molar-refractivity contribution >= 4 is 35.2 Å². The van der Waals surface area contributed by atoms with E-state index >= 15 is 0 Å². The van der Waals surface area contributed by atoms with Crippen LogP contribution in [0.4, 0.5) is 24.8 Å². The van der Waals surface area contributed by atoms with Crippen LogP contribution in [0.2, 0.25) is 0 Å². The number of H-pyrrole nitrogens is 1. The van der Waals surface area contributed by atoms with E-state index in [0.29, 0.717) is 16.4 Å². The summed E-state index contributed by atoms with van der Waals surface area (Å²) < 4.78 is 38.5. The molecule has 3 heterocycles. The van der Waals surface area contributed by atoms with E-state index in [-0.39, 0.29) is 18.1 Å². The number of nitrogens with zero attached hydrogens (tertiary/aromatic N) is 3. The summed E-state index contributed by atoms with van der Waals surface area (Å²) >= 11 is 1.03. The van der Waals surface area contributed by atoms with Crippen LogP contribution in [0.25, 0.3) is 11.5 Å². The molecule has 4 rings (SSSR count). The minimum absolute atomic E-state index is 0.0251. The van der Waals surface area contributed by atoms with Gasteiger partial charge in [-0.25, -0.2) is 0 Å². The second kappa shape index (κ2) is 7.78. The molecule has 30 heavy (non-hydrogen) atoms. The van der Waals surface area contributed by atoms with Crippen molar-refractivity contribution in [3.05, 3.63) is 48.2 Å². The maximum Gasteiger partial charge on any atom is 0.416 e. The Kier molecular flexibility index (Phi) is 5.16. The number of nitrogens with one attached hydrogen (secondary N) is 3. The summed E-state index contributed by atoms with van der Waals surface area (Å²) in [6.45, 7) is 0. The molecule has 2 aromatic heterocycles. The molecule has 0 fully saturated rings. The lowest BCUT2D eigenvalue weighted by Crippen LogP contribution is -2.32. The van der Waals surface area contributed by atoms with E-state index in [1.165, 1.54) is 6.07 Å². The lowest BCUT2D eigenvalue weighted by Gasteiger charge is -2.24. The van der Waals surface area contributed by atoms with Gasteiger partial charge in [-0.1, -0.05) is 6.07 Å². The van der Waals surface area contributed by atoms with Crippen LogP contribution in [0.1, 0.15) is 12.0 Å². The first-order valence-corrected chi connectivity index (χ1v) is 9.50. The monoisotopic (exact) mass is 434 g/mol. The Labute approximate surface area is 171 Å². The predicted octanol–water partition coefficient (Wildman–Crippen LogP) is 3.33. The maximum atomic E-state index is 12.8. The van der Waals surface area contributed by atoms with Gasteiger partial charge in [0.25, 0.3) is 0 Å². The SMILES string of the molecule is O=C(C[C@@H]1Sc2ccc(C(F)(F)F)cc2NC1=O)Nc1n[nH]c(-c2ccccn2)n1. The van der Waals surface area contributed by atoms with Gasteiger partial charge >= 0.3 is 6.18 Å². The smallest absolute Gasteiger partial charge is 0.324 e. The number of hydrogen-bond acceptors (Lipinski definition) is 6. The number of pyridine rings is 1. The van der Waals surface area contributed by atoms with Gasteiger partial charge in [0.2, 0.25) is 17.8 Å². The van der Waals surface area contributed by atoms with Gasteiger partial charge in [0.15, 0.2) is 5.82 Å². The fourth-order valence-corrected chi connectivity index (χ4v) is 3.83. The largest absolute Gasteiger partial charge is 0.416 e. The molecule has 0 aliphatic carbocycles. The molecule has 8 nitrogen and oxygen atoms in total. The fraction of sp³-hybridized carbons (Fsp3) is 0.167. The van der Waals surface area contributed by atoms with Gasteiger partial charge in [-0.2, -0.15) is 18.2 Å². The van der Waals surface area contributed by atoms with Crippen LogP contribution in [0.3, 0.4) is 0 Å². The average molecular weight is 434 g/mol. The molecule has 0 saturated carbocycles. The third kappa shape index (κ3) is 4.27. The van der Waals surface area contributed by atoms with Gasteiger partial charge in [-0.05, 0) is 30.3 Å². The van der Waals surface area contributed by atoms with Crippen LogP contribution >= 0.6 is 11.8 Å². The van der Waals surface area contributed by atoms with Crippen molar-refractivity contribution in [1.29, 1.82) is 0 Å². The second-order valence-electron chi connectivity index (χ2n) is 6.28. The number of carbonyl (C=O) groups excluding carboxylic acids is 2. The Balaban J connectivity index is 1.41. The molecule has 2 amide bonds. The van der Waals surface area contributed by atoms with Crippen molar-refractivity contribution in [3.8, 4) is 11.5 Å². The minimum atomic E-state index is -4.51. The number of aromatic amines is 1. The van der Waals surface area contributed by atoms with Crippen molar-refractivity contribution in [2.24, 2.45) is 0 Å². The number of benzene rings is 1. The number of fused-ring (bicyclic) bond motifs is 1. The second-order valence-corrected chi connectivity index (χ2v) is 7.52. The first kappa shape index (κ1) is 19.9. The summed E-state index contributed by atoms with van der Waals surface area (Å²) in [5, 5.41) is 10.7. The van der Waals surface area contributed by atoms with Crippen LogP contribution in [0, 0.1) is 0 Å². The first-order chi connectivity index (χ1) is 14.3. The van der Waals surface area contributed by atoms with Gasteiger partial charge in [0.05, 0.1) is 16.5 Å². The van der Waals surface area contributed by atoms with Gasteiger partial charge in [0, 0.05) is 17.5 Å². The molecule has 12 heteroatoms. The third-order valence-electron chi connectivity index (χ3n) is 4.14. The number of thioether (sulfide) groups is 1. The van der Waals surface area contributed by atoms with Crippen LogP contribution in [-0.2, 0) is 15.8 Å². The van der Waals surface area contributed by atoms with E-state index in [9.17, 15) is 22.8 Å². The van der Waals surface area contributed by atoms with Crippen LogP contribution in [-0.4, -0.2) is 37.2 Å². The normalized spacial score (nSPS) is 16.0. The van der Waals surface area contributed by atoms with Crippen LogP contribution < -0.4 is 10.6 Å². The number of carbonyl (C=O) groups is 2. The Morgan fingerprint density at radius 3 is 2.80 bits per heavy atom. The molecular weight excluding hydrogens is 421 g/mol. The van der Waals surface area contributed by atoms with E-state index in [4.69, 9.17) is 0 Å². The van der Waals surface area contributed by atoms with Crippen molar-refractivity contribution < 1.29 is 22.8 Å². The number of alkyl halides is 3. The zero-order valence-corrected chi connectivity index (χ0v) is 15.8. The Hall–Kier alpha value is -3.41. The van der Waals surface area contributed by atoms with E-state index in [0.717, 1.165) is 23.9 Å². The molecule has 0 radical (unpaired) electrons. The molecule has 1 aromatic carbocycles. The molecular formula is C18H13F3N6O2S. The highest BCUT2D eigenvalue weighted by molar-refractivity contribution is 8.01. The van der Waals surface area contributed by atoms with E-state index in [1.54, 1.807) is 24.4 Å². The Morgan fingerprint density at radius 1 is 1.23 bits per heavy atom. The molecule has 154 valence electrons. The van der Waals surface area contributed by atoms with Crippen molar-refractivity contribution in [1.82, 2.24) is 20.2 Å². The molecule has 3 aromatic rings.